The summed E-state index contributed by atoms with van der Waals surface area (Å²) in [6.07, 6.45) is 4.16. The van der Waals surface area contributed by atoms with E-state index in [-0.39, 0.29) is 0 Å². The first-order chi connectivity index (χ1) is 7.92. The van der Waals surface area contributed by atoms with Gasteiger partial charge in [-0.3, -0.25) is 0 Å². The van der Waals surface area contributed by atoms with Crippen LogP contribution in [0, 0.1) is 5.92 Å². The molecule has 1 aliphatic carbocycles. The Morgan fingerprint density at radius 2 is 2.06 bits per heavy atom. The third-order valence-electron chi connectivity index (χ3n) is 4.04. The third kappa shape index (κ3) is 2.13. The maximum atomic E-state index is 3.71. The lowest BCUT2D eigenvalue weighted by Gasteiger charge is -2.43. The molecule has 0 unspecified atom stereocenters. The van der Waals surface area contributed by atoms with Crippen molar-refractivity contribution in [3.8, 4) is 0 Å². The molecule has 1 saturated carbocycles. The summed E-state index contributed by atoms with van der Waals surface area (Å²) in [7, 11) is 0. The van der Waals surface area contributed by atoms with Crippen LogP contribution in [0.3, 0.4) is 0 Å². The molecule has 2 saturated heterocycles. The first-order valence-electron chi connectivity index (χ1n) is 6.42. The van der Waals surface area contributed by atoms with Crippen LogP contribution in [0.5, 0.6) is 0 Å². The van der Waals surface area contributed by atoms with Gasteiger partial charge >= 0.3 is 0 Å². The number of piperidine rings is 2. The Bertz CT molecular complexity index is 328. The Kier molecular flexibility index (Phi) is 2.94. The van der Waals surface area contributed by atoms with Crippen LogP contribution >= 0.6 is 0 Å². The minimum atomic E-state index is 0.688. The largest absolute Gasteiger partial charge is 0.312 e. The van der Waals surface area contributed by atoms with Gasteiger partial charge in [0.25, 0.3) is 0 Å². The van der Waals surface area contributed by atoms with Crippen LogP contribution in [-0.4, -0.2) is 18.6 Å². The standard InChI is InChI=1S/C14H20N2/c1-2-4-11(5-3-1)9-16-14-8-12-6-7-13(14)15-10-12/h1-5,12-16H,6-10H2/t12-,13+,14+/m1/s1. The van der Waals surface area contributed by atoms with E-state index in [1.54, 1.807) is 0 Å². The first-order valence-corrected chi connectivity index (χ1v) is 6.42. The van der Waals surface area contributed by atoms with Gasteiger partial charge in [0.1, 0.15) is 0 Å². The minimum absolute atomic E-state index is 0.688. The Labute approximate surface area is 97.4 Å². The lowest BCUT2D eigenvalue weighted by molar-refractivity contribution is 0.159. The average Bonchev–Trinajstić information content (AvgIpc) is 2.39. The molecular weight excluding hydrogens is 196 g/mol. The molecule has 4 rings (SSSR count). The molecule has 2 bridgehead atoms. The summed E-state index contributed by atoms with van der Waals surface area (Å²) in [5.74, 6) is 0.915. The van der Waals surface area contributed by atoms with E-state index in [0.29, 0.717) is 12.1 Å². The van der Waals surface area contributed by atoms with E-state index in [1.165, 1.54) is 31.4 Å². The Morgan fingerprint density at radius 3 is 2.69 bits per heavy atom. The lowest BCUT2D eigenvalue weighted by Crippen LogP contribution is -2.58. The van der Waals surface area contributed by atoms with Crippen molar-refractivity contribution in [2.75, 3.05) is 6.54 Å². The number of hydrogen-bond acceptors (Lipinski definition) is 2. The van der Waals surface area contributed by atoms with Crippen LogP contribution in [0.15, 0.2) is 30.3 Å². The normalized spacial score (nSPS) is 32.9. The molecule has 0 aromatic heterocycles. The van der Waals surface area contributed by atoms with Crippen molar-refractivity contribution < 1.29 is 0 Å². The molecule has 0 radical (unpaired) electrons. The van der Waals surface area contributed by atoms with Crippen LogP contribution in [0.4, 0.5) is 0 Å². The summed E-state index contributed by atoms with van der Waals surface area (Å²) in [5, 5.41) is 7.35. The number of fused-ring (bicyclic) bond motifs is 3. The number of rotatable bonds is 3. The van der Waals surface area contributed by atoms with Crippen molar-refractivity contribution >= 4 is 0 Å². The van der Waals surface area contributed by atoms with Gasteiger partial charge in [-0.1, -0.05) is 30.3 Å². The summed E-state index contributed by atoms with van der Waals surface area (Å²) in [4.78, 5) is 0. The zero-order valence-electron chi connectivity index (χ0n) is 9.65. The third-order valence-corrected chi connectivity index (χ3v) is 4.04. The predicted octanol–water partition coefficient (Wildman–Crippen LogP) is 1.92. The van der Waals surface area contributed by atoms with Crippen LogP contribution in [0.2, 0.25) is 0 Å². The van der Waals surface area contributed by atoms with E-state index >= 15 is 0 Å². The summed E-state index contributed by atoms with van der Waals surface area (Å²) in [6.45, 7) is 2.25. The topological polar surface area (TPSA) is 24.1 Å². The molecule has 3 fully saturated rings. The summed E-state index contributed by atoms with van der Waals surface area (Å²) < 4.78 is 0. The number of benzene rings is 1. The quantitative estimate of drug-likeness (QED) is 0.806. The average molecular weight is 216 g/mol. The SMILES string of the molecule is c1ccc(CN[C@H]2C[C@H]3CC[C@@H]2NC3)cc1. The second-order valence-electron chi connectivity index (χ2n) is 5.17. The van der Waals surface area contributed by atoms with Crippen LogP contribution in [0.1, 0.15) is 24.8 Å². The molecule has 2 heterocycles. The van der Waals surface area contributed by atoms with E-state index in [2.05, 4.69) is 41.0 Å². The van der Waals surface area contributed by atoms with Crippen molar-refractivity contribution in [3.63, 3.8) is 0 Å². The monoisotopic (exact) mass is 216 g/mol. The van der Waals surface area contributed by atoms with Gasteiger partial charge in [-0.2, -0.15) is 0 Å². The zero-order valence-corrected chi connectivity index (χ0v) is 9.65. The summed E-state index contributed by atoms with van der Waals surface area (Å²) in [6, 6.07) is 12.1. The Hall–Kier alpha value is -0.860. The summed E-state index contributed by atoms with van der Waals surface area (Å²) in [5.41, 5.74) is 1.39. The Balaban J connectivity index is 1.56. The molecule has 0 spiro atoms. The molecule has 0 amide bonds. The summed E-state index contributed by atoms with van der Waals surface area (Å²) >= 11 is 0. The minimum Gasteiger partial charge on any atom is -0.312 e. The van der Waals surface area contributed by atoms with Crippen molar-refractivity contribution in [2.45, 2.75) is 37.9 Å². The lowest BCUT2D eigenvalue weighted by atomic mass is 9.78. The van der Waals surface area contributed by atoms with Gasteiger partial charge in [0.05, 0.1) is 0 Å². The smallest absolute Gasteiger partial charge is 0.0227 e. The molecular formula is C14H20N2. The van der Waals surface area contributed by atoms with E-state index in [4.69, 9.17) is 0 Å². The van der Waals surface area contributed by atoms with Gasteiger partial charge in [-0.15, -0.1) is 0 Å². The molecule has 16 heavy (non-hydrogen) atoms. The van der Waals surface area contributed by atoms with Gasteiger partial charge < -0.3 is 10.6 Å². The molecule has 2 aliphatic heterocycles. The molecule has 1 aromatic carbocycles. The highest BCUT2D eigenvalue weighted by Crippen LogP contribution is 2.29. The Morgan fingerprint density at radius 1 is 1.19 bits per heavy atom. The molecule has 3 atom stereocenters. The highest BCUT2D eigenvalue weighted by molar-refractivity contribution is 5.14. The van der Waals surface area contributed by atoms with Gasteiger partial charge in [-0.25, -0.2) is 0 Å². The van der Waals surface area contributed by atoms with E-state index in [9.17, 15) is 0 Å². The molecule has 2 N–H and O–H groups in total. The second-order valence-corrected chi connectivity index (χ2v) is 5.17. The van der Waals surface area contributed by atoms with E-state index in [1.807, 2.05) is 0 Å². The van der Waals surface area contributed by atoms with Gasteiger partial charge in [0.2, 0.25) is 0 Å². The fraction of sp³-hybridized carbons (Fsp3) is 0.571. The first kappa shape index (κ1) is 10.3. The molecule has 1 aromatic rings. The van der Waals surface area contributed by atoms with Gasteiger partial charge in [-0.05, 0) is 37.3 Å². The second kappa shape index (κ2) is 4.56. The molecule has 3 aliphatic rings. The van der Waals surface area contributed by atoms with E-state index in [0.717, 1.165) is 12.5 Å². The zero-order chi connectivity index (χ0) is 10.8. The highest BCUT2D eigenvalue weighted by Gasteiger charge is 2.34. The predicted molar refractivity (Wildman–Crippen MR) is 66.2 cm³/mol. The molecule has 2 heteroatoms. The maximum absolute atomic E-state index is 3.71. The van der Waals surface area contributed by atoms with Gasteiger partial charge in [0.15, 0.2) is 0 Å². The maximum Gasteiger partial charge on any atom is 0.0227 e. The number of nitrogens with one attached hydrogen (secondary N) is 2. The fourth-order valence-corrected chi connectivity index (χ4v) is 3.08. The van der Waals surface area contributed by atoms with Crippen molar-refractivity contribution in [1.82, 2.24) is 10.6 Å². The number of hydrogen-bond donors (Lipinski definition) is 2. The molecule has 2 nitrogen and oxygen atoms in total. The molecule has 86 valence electrons. The highest BCUT2D eigenvalue weighted by atomic mass is 15.1. The fourth-order valence-electron chi connectivity index (χ4n) is 3.08. The van der Waals surface area contributed by atoms with Crippen molar-refractivity contribution in [3.05, 3.63) is 35.9 Å². The van der Waals surface area contributed by atoms with Crippen LogP contribution in [-0.2, 0) is 6.54 Å². The van der Waals surface area contributed by atoms with Crippen LogP contribution in [0.25, 0.3) is 0 Å². The van der Waals surface area contributed by atoms with E-state index < -0.39 is 0 Å². The van der Waals surface area contributed by atoms with Crippen molar-refractivity contribution in [2.24, 2.45) is 5.92 Å². The van der Waals surface area contributed by atoms with Crippen molar-refractivity contribution in [1.29, 1.82) is 0 Å². The van der Waals surface area contributed by atoms with Crippen LogP contribution < -0.4 is 10.6 Å². The van der Waals surface area contributed by atoms with Gasteiger partial charge in [0, 0.05) is 18.6 Å².